The summed E-state index contributed by atoms with van der Waals surface area (Å²) in [6.45, 7) is 4.39. The van der Waals surface area contributed by atoms with Gasteiger partial charge in [-0.05, 0) is 48.8 Å². The lowest BCUT2D eigenvalue weighted by atomic mass is 9.87. The SMILES string of the molecule is CCc1cccc2c(C=NNC(=O)c3cc4c(s3)CCC(CC)C4)c[nH]c12. The Morgan fingerprint density at radius 2 is 2.30 bits per heavy atom. The first-order valence-electron chi connectivity index (χ1n) is 9.73. The number of nitrogens with zero attached hydrogens (tertiary/aromatic N) is 1. The van der Waals surface area contributed by atoms with Gasteiger partial charge in [-0.2, -0.15) is 5.10 Å². The molecule has 1 amide bonds. The van der Waals surface area contributed by atoms with E-state index in [1.165, 1.54) is 28.8 Å². The van der Waals surface area contributed by atoms with Crippen LogP contribution in [0.4, 0.5) is 0 Å². The number of aromatic nitrogens is 1. The van der Waals surface area contributed by atoms with Gasteiger partial charge in [0.1, 0.15) is 0 Å². The molecule has 1 aromatic carbocycles. The number of hydrazone groups is 1. The molecule has 0 fully saturated rings. The summed E-state index contributed by atoms with van der Waals surface area (Å²) in [6.07, 6.45) is 9.30. The standard InChI is InChI=1S/C22H25N3OS/c1-3-14-8-9-19-16(10-14)11-20(27-19)22(26)25-24-13-17-12-23-21-15(4-2)6-5-7-18(17)21/h5-7,11-14,23H,3-4,8-10H2,1-2H3,(H,25,26). The van der Waals surface area contributed by atoms with Gasteiger partial charge in [-0.3, -0.25) is 4.79 Å². The number of H-pyrrole nitrogens is 1. The van der Waals surface area contributed by atoms with Crippen LogP contribution in [0.25, 0.3) is 10.9 Å². The summed E-state index contributed by atoms with van der Waals surface area (Å²) in [7, 11) is 0. The number of benzene rings is 1. The molecule has 0 aliphatic heterocycles. The zero-order valence-corrected chi connectivity index (χ0v) is 16.7. The average Bonchev–Trinajstić information content (AvgIpc) is 3.31. The maximum Gasteiger partial charge on any atom is 0.281 e. The molecule has 1 atom stereocenters. The maximum atomic E-state index is 12.5. The van der Waals surface area contributed by atoms with E-state index in [4.69, 9.17) is 0 Å². The fraction of sp³-hybridized carbons (Fsp3) is 0.364. The van der Waals surface area contributed by atoms with Gasteiger partial charge in [0.15, 0.2) is 0 Å². The van der Waals surface area contributed by atoms with E-state index in [1.54, 1.807) is 17.6 Å². The van der Waals surface area contributed by atoms with Crippen molar-refractivity contribution in [1.82, 2.24) is 10.4 Å². The molecule has 2 aromatic heterocycles. The molecule has 2 heterocycles. The van der Waals surface area contributed by atoms with Crippen LogP contribution < -0.4 is 5.43 Å². The van der Waals surface area contributed by atoms with Gasteiger partial charge in [-0.25, -0.2) is 5.43 Å². The third kappa shape index (κ3) is 3.56. The van der Waals surface area contributed by atoms with Crippen LogP contribution in [-0.2, 0) is 19.3 Å². The lowest BCUT2D eigenvalue weighted by Gasteiger charge is -2.19. The van der Waals surface area contributed by atoms with Gasteiger partial charge in [0.25, 0.3) is 5.91 Å². The van der Waals surface area contributed by atoms with Crippen LogP contribution >= 0.6 is 11.3 Å². The van der Waals surface area contributed by atoms with Crippen LogP contribution in [0, 0.1) is 5.92 Å². The molecule has 1 aliphatic rings. The van der Waals surface area contributed by atoms with Crippen molar-refractivity contribution < 1.29 is 4.79 Å². The molecule has 1 aliphatic carbocycles. The summed E-state index contributed by atoms with van der Waals surface area (Å²) >= 11 is 1.62. The van der Waals surface area contributed by atoms with Crippen molar-refractivity contribution >= 4 is 34.4 Å². The van der Waals surface area contributed by atoms with Crippen molar-refractivity contribution in [1.29, 1.82) is 0 Å². The van der Waals surface area contributed by atoms with E-state index in [9.17, 15) is 4.79 Å². The minimum Gasteiger partial charge on any atom is -0.360 e. The molecule has 0 saturated carbocycles. The van der Waals surface area contributed by atoms with Crippen LogP contribution in [0.1, 0.15) is 57.9 Å². The molecule has 4 rings (SSSR count). The molecule has 5 heteroatoms. The van der Waals surface area contributed by atoms with E-state index in [1.807, 2.05) is 6.20 Å². The van der Waals surface area contributed by atoms with Crippen molar-refractivity contribution in [2.45, 2.75) is 46.0 Å². The molecule has 0 bridgehead atoms. The third-order valence-electron chi connectivity index (χ3n) is 5.57. The molecule has 1 unspecified atom stereocenters. The Hall–Kier alpha value is -2.40. The Labute approximate surface area is 163 Å². The first-order chi connectivity index (χ1) is 13.2. The van der Waals surface area contributed by atoms with Gasteiger partial charge in [0.2, 0.25) is 0 Å². The number of para-hydroxylation sites is 1. The van der Waals surface area contributed by atoms with Gasteiger partial charge < -0.3 is 4.98 Å². The number of nitrogens with one attached hydrogen (secondary N) is 2. The normalized spacial score (nSPS) is 16.7. The summed E-state index contributed by atoms with van der Waals surface area (Å²) < 4.78 is 0. The van der Waals surface area contributed by atoms with E-state index in [0.29, 0.717) is 0 Å². The molecular formula is C22H25N3OS. The molecule has 27 heavy (non-hydrogen) atoms. The maximum absolute atomic E-state index is 12.5. The van der Waals surface area contributed by atoms with Crippen molar-refractivity contribution in [2.75, 3.05) is 0 Å². The van der Waals surface area contributed by atoms with Crippen molar-refractivity contribution in [2.24, 2.45) is 11.0 Å². The fourth-order valence-electron chi connectivity index (χ4n) is 3.92. The van der Waals surface area contributed by atoms with E-state index in [2.05, 4.69) is 53.6 Å². The summed E-state index contributed by atoms with van der Waals surface area (Å²) in [5.74, 6) is 0.642. The molecule has 0 radical (unpaired) electrons. The minimum absolute atomic E-state index is 0.118. The second-order valence-corrected chi connectivity index (χ2v) is 8.35. The Balaban J connectivity index is 1.46. The lowest BCUT2D eigenvalue weighted by Crippen LogP contribution is -2.16. The van der Waals surface area contributed by atoms with Crippen molar-refractivity contribution in [3.63, 3.8) is 0 Å². The molecule has 4 nitrogen and oxygen atoms in total. The molecule has 3 aromatic rings. The summed E-state index contributed by atoms with van der Waals surface area (Å²) in [6, 6.07) is 8.32. The number of carbonyl (C=O) groups excluding carboxylic acids is 1. The smallest absolute Gasteiger partial charge is 0.281 e. The Bertz CT molecular complexity index is 998. The van der Waals surface area contributed by atoms with Crippen LogP contribution in [0.5, 0.6) is 0 Å². The number of carbonyl (C=O) groups is 1. The Morgan fingerprint density at radius 1 is 1.41 bits per heavy atom. The number of hydrogen-bond acceptors (Lipinski definition) is 3. The van der Waals surface area contributed by atoms with E-state index in [0.717, 1.165) is 46.5 Å². The highest BCUT2D eigenvalue weighted by atomic mass is 32.1. The predicted molar refractivity (Wildman–Crippen MR) is 113 cm³/mol. The number of thiophene rings is 1. The second kappa shape index (κ2) is 7.69. The molecule has 0 spiro atoms. The van der Waals surface area contributed by atoms with Crippen molar-refractivity contribution in [3.05, 3.63) is 56.9 Å². The largest absolute Gasteiger partial charge is 0.360 e. The van der Waals surface area contributed by atoms with Gasteiger partial charge in [0.05, 0.1) is 11.1 Å². The molecule has 2 N–H and O–H groups in total. The predicted octanol–water partition coefficient (Wildman–Crippen LogP) is 5.07. The molecule has 140 valence electrons. The zero-order chi connectivity index (χ0) is 18.8. The number of aromatic amines is 1. The summed E-state index contributed by atoms with van der Waals surface area (Å²) in [5.41, 5.74) is 7.46. The minimum atomic E-state index is -0.118. The number of rotatable bonds is 5. The van der Waals surface area contributed by atoms with Gasteiger partial charge in [-0.15, -0.1) is 11.3 Å². The lowest BCUT2D eigenvalue weighted by molar-refractivity contribution is 0.0959. The van der Waals surface area contributed by atoms with Crippen LogP contribution in [-0.4, -0.2) is 17.1 Å². The average molecular weight is 380 g/mol. The van der Waals surface area contributed by atoms with Gasteiger partial charge >= 0.3 is 0 Å². The van der Waals surface area contributed by atoms with Crippen LogP contribution in [0.15, 0.2) is 35.6 Å². The van der Waals surface area contributed by atoms with E-state index in [-0.39, 0.29) is 5.91 Å². The Kier molecular flexibility index (Phi) is 5.12. The topological polar surface area (TPSA) is 57.2 Å². The number of amides is 1. The monoisotopic (exact) mass is 379 g/mol. The summed E-state index contributed by atoms with van der Waals surface area (Å²) in [4.78, 5) is 17.9. The fourth-order valence-corrected chi connectivity index (χ4v) is 5.01. The molecule has 0 saturated heterocycles. The third-order valence-corrected chi connectivity index (χ3v) is 6.81. The highest BCUT2D eigenvalue weighted by Gasteiger charge is 2.21. The number of aryl methyl sites for hydroxylation is 2. The number of hydrogen-bond donors (Lipinski definition) is 2. The first kappa shape index (κ1) is 18.0. The number of fused-ring (bicyclic) bond motifs is 2. The summed E-state index contributed by atoms with van der Waals surface area (Å²) in [5, 5.41) is 5.32. The van der Waals surface area contributed by atoms with Crippen LogP contribution in [0.3, 0.4) is 0 Å². The highest BCUT2D eigenvalue weighted by Crippen LogP contribution is 2.33. The first-order valence-corrected chi connectivity index (χ1v) is 10.5. The quantitative estimate of drug-likeness (QED) is 0.472. The Morgan fingerprint density at radius 3 is 3.11 bits per heavy atom. The van der Waals surface area contributed by atoms with Crippen LogP contribution in [0.2, 0.25) is 0 Å². The zero-order valence-electron chi connectivity index (χ0n) is 15.8. The van der Waals surface area contributed by atoms with Gasteiger partial charge in [0, 0.05) is 27.5 Å². The van der Waals surface area contributed by atoms with Crippen molar-refractivity contribution in [3.8, 4) is 0 Å². The second-order valence-electron chi connectivity index (χ2n) is 7.21. The van der Waals surface area contributed by atoms with Gasteiger partial charge in [-0.1, -0.05) is 38.5 Å². The molecular weight excluding hydrogens is 354 g/mol. The van der Waals surface area contributed by atoms with E-state index < -0.39 is 0 Å². The van der Waals surface area contributed by atoms with E-state index >= 15 is 0 Å². The highest BCUT2D eigenvalue weighted by molar-refractivity contribution is 7.14.